The Morgan fingerprint density at radius 1 is 1.03 bits per heavy atom. The quantitative estimate of drug-likeness (QED) is 0.332. The van der Waals surface area contributed by atoms with Crippen LogP contribution in [0.25, 0.3) is 10.9 Å². The van der Waals surface area contributed by atoms with Crippen LogP contribution in [-0.2, 0) is 0 Å². The molecule has 1 atom stereocenters. The minimum absolute atomic E-state index is 0.00290. The molecular weight excluding hydrogens is 366 g/mol. The van der Waals surface area contributed by atoms with Gasteiger partial charge in [-0.2, -0.15) is 0 Å². The molecule has 6 nitrogen and oxygen atoms in total. The molecule has 0 fully saturated rings. The normalized spacial score (nSPS) is 11.9. The molecule has 0 amide bonds. The molecule has 29 heavy (non-hydrogen) atoms. The van der Waals surface area contributed by atoms with E-state index in [0.717, 1.165) is 27.8 Å². The Bertz CT molecular complexity index is 1140. The summed E-state index contributed by atoms with van der Waals surface area (Å²) in [4.78, 5) is 14.3. The second-order valence-electron chi connectivity index (χ2n) is 6.77. The number of nitrogens with one attached hydrogen (secondary N) is 2. The van der Waals surface area contributed by atoms with Crippen molar-refractivity contribution in [2.75, 3.05) is 19.0 Å². The summed E-state index contributed by atoms with van der Waals surface area (Å²) in [5.74, 6) is 0.787. The summed E-state index contributed by atoms with van der Waals surface area (Å²) in [5.41, 5.74) is 3.88. The van der Waals surface area contributed by atoms with Gasteiger partial charge in [-0.15, -0.1) is 0 Å². The fourth-order valence-electron chi connectivity index (χ4n) is 3.62. The van der Waals surface area contributed by atoms with Gasteiger partial charge in [-0.3, -0.25) is 10.1 Å². The zero-order valence-electron chi connectivity index (χ0n) is 16.0. The fraction of sp³-hybridized carbons (Fsp3) is 0.130. The summed E-state index contributed by atoms with van der Waals surface area (Å²) in [6, 6.07) is 22.8. The van der Waals surface area contributed by atoms with Gasteiger partial charge in [-0.1, -0.05) is 42.5 Å². The lowest BCUT2D eigenvalue weighted by Crippen LogP contribution is -2.14. The van der Waals surface area contributed by atoms with Crippen LogP contribution in [0.5, 0.6) is 5.75 Å². The van der Waals surface area contributed by atoms with Gasteiger partial charge in [-0.05, 0) is 35.4 Å². The third kappa shape index (κ3) is 3.78. The topological polar surface area (TPSA) is 80.2 Å². The summed E-state index contributed by atoms with van der Waals surface area (Å²) < 4.78 is 5.28. The highest BCUT2D eigenvalue weighted by Crippen LogP contribution is 2.33. The standard InChI is InChI=1S/C23H21N3O3/c1-29-17-12-10-16(11-13-17)19(20-15-24-21-7-3-2-6-18(20)21)14-25-22-8-4-5-9-23(22)26(27)28/h2-13,15,19,24-25H,14H2,1H3/t19-/m0/s1. The number of benzene rings is 3. The number of aromatic nitrogens is 1. The zero-order valence-corrected chi connectivity index (χ0v) is 16.0. The van der Waals surface area contributed by atoms with E-state index in [1.165, 1.54) is 6.07 Å². The van der Waals surface area contributed by atoms with E-state index in [0.29, 0.717) is 12.2 Å². The maximum atomic E-state index is 11.4. The molecule has 0 aliphatic rings. The maximum absolute atomic E-state index is 11.4. The number of hydrogen-bond donors (Lipinski definition) is 2. The molecule has 2 N–H and O–H groups in total. The first-order valence-electron chi connectivity index (χ1n) is 9.34. The summed E-state index contributed by atoms with van der Waals surface area (Å²) in [5, 5.41) is 15.8. The van der Waals surface area contributed by atoms with Crippen LogP contribution in [0, 0.1) is 10.1 Å². The van der Waals surface area contributed by atoms with Crippen molar-refractivity contribution >= 4 is 22.3 Å². The van der Waals surface area contributed by atoms with Crippen LogP contribution in [0.15, 0.2) is 79.0 Å². The Kier molecular flexibility index (Phi) is 5.16. The van der Waals surface area contributed by atoms with Gasteiger partial charge in [0.15, 0.2) is 0 Å². The number of nitro benzene ring substituents is 1. The number of aromatic amines is 1. The highest BCUT2D eigenvalue weighted by Gasteiger charge is 2.20. The summed E-state index contributed by atoms with van der Waals surface area (Å²) in [7, 11) is 1.64. The van der Waals surface area contributed by atoms with Gasteiger partial charge in [0.25, 0.3) is 5.69 Å². The van der Waals surface area contributed by atoms with E-state index in [1.807, 2.05) is 48.7 Å². The SMILES string of the molecule is COc1ccc([C@H](CNc2ccccc2[N+](=O)[O-])c2c[nH]c3ccccc23)cc1. The summed E-state index contributed by atoms with van der Waals surface area (Å²) in [6.45, 7) is 0.513. The second kappa shape index (κ2) is 8.06. The lowest BCUT2D eigenvalue weighted by molar-refractivity contribution is -0.384. The number of nitrogens with zero attached hydrogens (tertiary/aromatic N) is 1. The molecule has 0 unspecified atom stereocenters. The molecular formula is C23H21N3O3. The van der Waals surface area contributed by atoms with Crippen molar-refractivity contribution in [2.24, 2.45) is 0 Å². The molecule has 0 bridgehead atoms. The number of H-pyrrole nitrogens is 1. The third-order valence-corrected chi connectivity index (χ3v) is 5.11. The molecule has 0 aliphatic heterocycles. The van der Waals surface area contributed by atoms with Gasteiger partial charge in [0, 0.05) is 35.6 Å². The Labute approximate surface area is 168 Å². The van der Waals surface area contributed by atoms with Gasteiger partial charge >= 0.3 is 0 Å². The van der Waals surface area contributed by atoms with Crippen LogP contribution < -0.4 is 10.1 Å². The maximum Gasteiger partial charge on any atom is 0.292 e. The van der Waals surface area contributed by atoms with E-state index >= 15 is 0 Å². The van der Waals surface area contributed by atoms with Crippen LogP contribution in [0.4, 0.5) is 11.4 Å². The smallest absolute Gasteiger partial charge is 0.292 e. The van der Waals surface area contributed by atoms with Crippen LogP contribution >= 0.6 is 0 Å². The van der Waals surface area contributed by atoms with Crippen molar-refractivity contribution in [1.82, 2.24) is 4.98 Å². The lowest BCUT2D eigenvalue weighted by atomic mass is 9.90. The molecule has 146 valence electrons. The lowest BCUT2D eigenvalue weighted by Gasteiger charge is -2.19. The van der Waals surface area contributed by atoms with Crippen molar-refractivity contribution < 1.29 is 9.66 Å². The number of fused-ring (bicyclic) bond motifs is 1. The van der Waals surface area contributed by atoms with E-state index in [-0.39, 0.29) is 16.5 Å². The van der Waals surface area contributed by atoms with Gasteiger partial charge in [0.2, 0.25) is 0 Å². The number of anilines is 1. The molecule has 0 saturated heterocycles. The molecule has 4 aromatic rings. The van der Waals surface area contributed by atoms with E-state index in [9.17, 15) is 10.1 Å². The molecule has 1 aromatic heterocycles. The average molecular weight is 387 g/mol. The van der Waals surface area contributed by atoms with Crippen LogP contribution in [0.1, 0.15) is 17.0 Å². The Morgan fingerprint density at radius 2 is 1.76 bits per heavy atom. The van der Waals surface area contributed by atoms with E-state index in [1.54, 1.807) is 25.3 Å². The molecule has 1 heterocycles. The predicted octanol–water partition coefficient (Wildman–Crippen LogP) is 5.33. The first kappa shape index (κ1) is 18.6. The second-order valence-corrected chi connectivity index (χ2v) is 6.77. The molecule has 0 radical (unpaired) electrons. The third-order valence-electron chi connectivity index (χ3n) is 5.11. The number of para-hydroxylation sites is 3. The molecule has 0 aliphatic carbocycles. The van der Waals surface area contributed by atoms with Crippen molar-refractivity contribution in [3.05, 3.63) is 100 Å². The van der Waals surface area contributed by atoms with Gasteiger partial charge in [-0.25, -0.2) is 0 Å². The fourth-order valence-corrected chi connectivity index (χ4v) is 3.62. The predicted molar refractivity (Wildman–Crippen MR) is 115 cm³/mol. The number of hydrogen-bond acceptors (Lipinski definition) is 4. The molecule has 3 aromatic carbocycles. The van der Waals surface area contributed by atoms with Crippen molar-refractivity contribution in [3.63, 3.8) is 0 Å². The average Bonchev–Trinajstić information content (AvgIpc) is 3.18. The summed E-state index contributed by atoms with van der Waals surface area (Å²) >= 11 is 0. The number of ether oxygens (including phenoxy) is 1. The van der Waals surface area contributed by atoms with Crippen LogP contribution in [0.2, 0.25) is 0 Å². The molecule has 4 rings (SSSR count). The molecule has 0 saturated carbocycles. The largest absolute Gasteiger partial charge is 0.497 e. The molecule has 0 spiro atoms. The monoisotopic (exact) mass is 387 g/mol. The minimum Gasteiger partial charge on any atom is -0.497 e. The Hall–Kier alpha value is -3.80. The first-order chi connectivity index (χ1) is 14.2. The highest BCUT2D eigenvalue weighted by molar-refractivity contribution is 5.84. The van der Waals surface area contributed by atoms with Crippen molar-refractivity contribution in [3.8, 4) is 5.75 Å². The number of nitro groups is 1. The van der Waals surface area contributed by atoms with Crippen LogP contribution in [-0.4, -0.2) is 23.6 Å². The van der Waals surface area contributed by atoms with E-state index < -0.39 is 0 Å². The first-order valence-corrected chi connectivity index (χ1v) is 9.34. The number of methoxy groups -OCH3 is 1. The van der Waals surface area contributed by atoms with E-state index in [2.05, 4.69) is 16.4 Å². The zero-order chi connectivity index (χ0) is 20.2. The highest BCUT2D eigenvalue weighted by atomic mass is 16.6. The van der Waals surface area contributed by atoms with Gasteiger partial charge < -0.3 is 15.0 Å². The van der Waals surface area contributed by atoms with Crippen molar-refractivity contribution in [2.45, 2.75) is 5.92 Å². The van der Waals surface area contributed by atoms with Gasteiger partial charge in [0.1, 0.15) is 11.4 Å². The van der Waals surface area contributed by atoms with E-state index in [4.69, 9.17) is 4.74 Å². The number of rotatable bonds is 7. The Balaban J connectivity index is 1.71. The van der Waals surface area contributed by atoms with Crippen molar-refractivity contribution in [1.29, 1.82) is 0 Å². The molecule has 6 heteroatoms. The Morgan fingerprint density at radius 3 is 2.52 bits per heavy atom. The van der Waals surface area contributed by atoms with Crippen LogP contribution in [0.3, 0.4) is 0 Å². The minimum atomic E-state index is -0.365. The summed E-state index contributed by atoms with van der Waals surface area (Å²) in [6.07, 6.45) is 2.01. The van der Waals surface area contributed by atoms with Gasteiger partial charge in [0.05, 0.1) is 12.0 Å².